The summed E-state index contributed by atoms with van der Waals surface area (Å²) in [6.45, 7) is 6.35. The molecule has 0 saturated carbocycles. The van der Waals surface area contributed by atoms with Gasteiger partial charge in [0.05, 0.1) is 18.2 Å². The number of carbonyl (C=O) groups excluding carboxylic acids is 1. The minimum absolute atomic E-state index is 0.0284. The third-order valence-electron chi connectivity index (χ3n) is 4.24. The molecule has 0 aliphatic heterocycles. The number of carbonyl (C=O) groups is 1. The van der Waals surface area contributed by atoms with Gasteiger partial charge < -0.3 is 4.74 Å². The largest absolute Gasteiger partial charge is 0.468 e. The van der Waals surface area contributed by atoms with Crippen LogP contribution >= 0.6 is 23.1 Å². The number of thiophene rings is 1. The zero-order valence-corrected chi connectivity index (χ0v) is 15.5. The molecule has 1 aliphatic carbocycles. The van der Waals surface area contributed by atoms with Gasteiger partial charge in [0, 0.05) is 11.4 Å². The van der Waals surface area contributed by atoms with E-state index < -0.39 is 0 Å². The average Bonchev–Trinajstić information content (AvgIpc) is 2.92. The Hall–Kier alpha value is -1.60. The fourth-order valence-corrected chi connectivity index (χ4v) is 5.25. The van der Waals surface area contributed by atoms with Crippen molar-refractivity contribution in [3.8, 4) is 0 Å². The van der Waals surface area contributed by atoms with Crippen LogP contribution in [-0.2, 0) is 28.9 Å². The maximum absolute atomic E-state index is 13.0. The molecule has 0 amide bonds. The number of hydrogen-bond acceptors (Lipinski definition) is 6. The molecule has 24 heavy (non-hydrogen) atoms. The summed E-state index contributed by atoms with van der Waals surface area (Å²) in [7, 11) is 1.35. The van der Waals surface area contributed by atoms with Gasteiger partial charge in [-0.1, -0.05) is 24.8 Å². The van der Waals surface area contributed by atoms with Crippen molar-refractivity contribution in [2.75, 3.05) is 12.9 Å². The predicted octanol–water partition coefficient (Wildman–Crippen LogP) is 3.03. The lowest BCUT2D eigenvalue weighted by molar-refractivity contribution is -0.137. The van der Waals surface area contributed by atoms with E-state index in [2.05, 4.69) is 23.2 Å². The Morgan fingerprint density at radius 3 is 3.08 bits per heavy atom. The molecule has 1 atom stereocenters. The molecular formula is C17H20N2O3S2. The number of methoxy groups -OCH3 is 1. The molecule has 1 aliphatic rings. The first kappa shape index (κ1) is 17.2. The number of ether oxygens (including phenoxy) is 1. The van der Waals surface area contributed by atoms with Crippen LogP contribution < -0.4 is 5.56 Å². The maximum Gasteiger partial charge on any atom is 0.316 e. The van der Waals surface area contributed by atoms with Crippen LogP contribution in [0.5, 0.6) is 0 Å². The van der Waals surface area contributed by atoms with Crippen LogP contribution in [0.15, 0.2) is 22.6 Å². The molecule has 2 aromatic rings. The molecule has 128 valence electrons. The summed E-state index contributed by atoms with van der Waals surface area (Å²) in [6, 6.07) is 0. The fourth-order valence-electron chi connectivity index (χ4n) is 2.99. The number of hydrogen-bond donors (Lipinski definition) is 0. The lowest BCUT2D eigenvalue weighted by Crippen LogP contribution is -2.24. The standard InChI is InChI=1S/C17H20N2O3S2/c1-4-7-19-16(21)14-11-6-5-10(2)8-12(11)24-15(14)18-17(19)23-9-13(20)22-3/h4,10H,1,5-9H2,2-3H3/t10-/m0/s1. The van der Waals surface area contributed by atoms with E-state index in [9.17, 15) is 9.59 Å². The van der Waals surface area contributed by atoms with Crippen molar-refractivity contribution in [2.45, 2.75) is 37.9 Å². The first-order valence-corrected chi connectivity index (χ1v) is 9.71. The number of nitrogens with zero attached hydrogens (tertiary/aromatic N) is 2. The van der Waals surface area contributed by atoms with Gasteiger partial charge in [0.25, 0.3) is 5.56 Å². The molecule has 5 nitrogen and oxygen atoms in total. The highest BCUT2D eigenvalue weighted by Gasteiger charge is 2.24. The summed E-state index contributed by atoms with van der Waals surface area (Å²) >= 11 is 2.85. The van der Waals surface area contributed by atoms with E-state index in [1.165, 1.54) is 29.3 Å². The van der Waals surface area contributed by atoms with Crippen LogP contribution in [0.3, 0.4) is 0 Å². The molecule has 0 unspecified atom stereocenters. The predicted molar refractivity (Wildman–Crippen MR) is 98.0 cm³/mol. The number of rotatable bonds is 5. The van der Waals surface area contributed by atoms with Crippen molar-refractivity contribution < 1.29 is 9.53 Å². The lowest BCUT2D eigenvalue weighted by Gasteiger charge is -2.17. The molecule has 0 spiro atoms. The summed E-state index contributed by atoms with van der Waals surface area (Å²) in [5.41, 5.74) is 1.15. The second-order valence-electron chi connectivity index (χ2n) is 6.00. The van der Waals surface area contributed by atoms with E-state index in [0.717, 1.165) is 29.5 Å². The number of allylic oxidation sites excluding steroid dienone is 1. The molecule has 7 heteroatoms. The third kappa shape index (κ3) is 3.15. The highest BCUT2D eigenvalue weighted by molar-refractivity contribution is 7.99. The van der Waals surface area contributed by atoms with Crippen LogP contribution in [0.1, 0.15) is 23.8 Å². The van der Waals surface area contributed by atoms with Crippen molar-refractivity contribution in [3.05, 3.63) is 33.4 Å². The van der Waals surface area contributed by atoms with Crippen molar-refractivity contribution in [1.29, 1.82) is 0 Å². The van der Waals surface area contributed by atoms with Gasteiger partial charge in [0.15, 0.2) is 5.16 Å². The lowest BCUT2D eigenvalue weighted by atomic mass is 9.89. The molecule has 0 N–H and O–H groups in total. The summed E-state index contributed by atoms with van der Waals surface area (Å²) in [5, 5.41) is 1.30. The van der Waals surface area contributed by atoms with Gasteiger partial charge in [-0.05, 0) is 30.7 Å². The van der Waals surface area contributed by atoms with E-state index in [4.69, 9.17) is 0 Å². The van der Waals surface area contributed by atoms with Crippen molar-refractivity contribution in [3.63, 3.8) is 0 Å². The van der Waals surface area contributed by atoms with Gasteiger partial charge in [0.1, 0.15) is 4.83 Å². The normalized spacial score (nSPS) is 16.8. The summed E-state index contributed by atoms with van der Waals surface area (Å²) in [6.07, 6.45) is 4.74. The molecule has 0 aromatic carbocycles. The number of thioether (sulfide) groups is 1. The van der Waals surface area contributed by atoms with Crippen molar-refractivity contribution >= 4 is 39.3 Å². The van der Waals surface area contributed by atoms with Crippen LogP contribution in [0.4, 0.5) is 0 Å². The first-order chi connectivity index (χ1) is 11.5. The van der Waals surface area contributed by atoms with Crippen LogP contribution in [0, 0.1) is 5.92 Å². The van der Waals surface area contributed by atoms with E-state index in [-0.39, 0.29) is 17.3 Å². The topological polar surface area (TPSA) is 61.2 Å². The number of esters is 1. The molecule has 0 bridgehead atoms. The fraction of sp³-hybridized carbons (Fsp3) is 0.471. The van der Waals surface area contributed by atoms with Gasteiger partial charge in [-0.15, -0.1) is 17.9 Å². The summed E-state index contributed by atoms with van der Waals surface area (Å²) < 4.78 is 6.28. The Labute approximate surface area is 148 Å². The summed E-state index contributed by atoms with van der Waals surface area (Å²) in [5.74, 6) is 0.446. The van der Waals surface area contributed by atoms with E-state index in [0.29, 0.717) is 17.6 Å². The molecular weight excluding hydrogens is 344 g/mol. The molecule has 0 saturated heterocycles. The van der Waals surface area contributed by atoms with E-state index in [1.807, 2.05) is 0 Å². The Morgan fingerprint density at radius 2 is 2.38 bits per heavy atom. The number of aromatic nitrogens is 2. The van der Waals surface area contributed by atoms with Crippen molar-refractivity contribution in [1.82, 2.24) is 9.55 Å². The highest BCUT2D eigenvalue weighted by atomic mass is 32.2. The quantitative estimate of drug-likeness (QED) is 0.353. The van der Waals surface area contributed by atoms with E-state index in [1.54, 1.807) is 22.0 Å². The minimum atomic E-state index is -0.334. The monoisotopic (exact) mass is 364 g/mol. The molecule has 2 aromatic heterocycles. The molecule has 2 heterocycles. The first-order valence-electron chi connectivity index (χ1n) is 7.90. The number of aryl methyl sites for hydroxylation is 1. The third-order valence-corrected chi connectivity index (χ3v) is 6.34. The average molecular weight is 364 g/mol. The molecule has 0 fully saturated rings. The van der Waals surface area contributed by atoms with Crippen LogP contribution in [0.2, 0.25) is 0 Å². The minimum Gasteiger partial charge on any atom is -0.468 e. The molecule has 3 rings (SSSR count). The van der Waals surface area contributed by atoms with E-state index >= 15 is 0 Å². The maximum atomic E-state index is 13.0. The zero-order chi connectivity index (χ0) is 17.3. The Morgan fingerprint density at radius 1 is 1.58 bits per heavy atom. The SMILES string of the molecule is C=CCn1c(SCC(=O)OC)nc2sc3c(c2c1=O)CC[C@H](C)C3. The van der Waals surface area contributed by atoms with Gasteiger partial charge in [-0.2, -0.15) is 0 Å². The second-order valence-corrected chi connectivity index (χ2v) is 8.02. The van der Waals surface area contributed by atoms with Gasteiger partial charge in [-0.25, -0.2) is 4.98 Å². The Bertz CT molecular complexity index is 854. The highest BCUT2D eigenvalue weighted by Crippen LogP contribution is 2.36. The molecule has 0 radical (unpaired) electrons. The smallest absolute Gasteiger partial charge is 0.316 e. The number of fused-ring (bicyclic) bond motifs is 3. The second kappa shape index (κ2) is 7.11. The van der Waals surface area contributed by atoms with Gasteiger partial charge in [0.2, 0.25) is 0 Å². The van der Waals surface area contributed by atoms with Crippen LogP contribution in [-0.4, -0.2) is 28.4 Å². The Kier molecular flexibility index (Phi) is 5.10. The summed E-state index contributed by atoms with van der Waals surface area (Å²) in [4.78, 5) is 31.2. The van der Waals surface area contributed by atoms with Crippen molar-refractivity contribution in [2.24, 2.45) is 5.92 Å². The zero-order valence-electron chi connectivity index (χ0n) is 13.8. The van der Waals surface area contributed by atoms with Gasteiger partial charge in [-0.3, -0.25) is 14.2 Å². The van der Waals surface area contributed by atoms with Crippen LogP contribution in [0.25, 0.3) is 10.2 Å². The Balaban J connectivity index is 2.11. The van der Waals surface area contributed by atoms with Gasteiger partial charge >= 0.3 is 5.97 Å².